The van der Waals surface area contributed by atoms with Gasteiger partial charge >= 0.3 is 6.18 Å². The quantitative estimate of drug-likeness (QED) is 0.916. The van der Waals surface area contributed by atoms with Gasteiger partial charge in [0.25, 0.3) is 0 Å². The van der Waals surface area contributed by atoms with Gasteiger partial charge in [-0.2, -0.15) is 13.2 Å². The van der Waals surface area contributed by atoms with Crippen LogP contribution in [0.2, 0.25) is 0 Å². The fraction of sp³-hybridized carbons (Fsp3) is 0.600. The number of hydrogen-bond donors (Lipinski definition) is 1. The second-order valence-corrected chi connectivity index (χ2v) is 6.47. The van der Waals surface area contributed by atoms with Gasteiger partial charge in [-0.05, 0) is 42.0 Å². The van der Waals surface area contributed by atoms with E-state index >= 15 is 0 Å². The largest absolute Gasteiger partial charge is 0.401 e. The van der Waals surface area contributed by atoms with Crippen LogP contribution in [0.5, 0.6) is 0 Å². The van der Waals surface area contributed by atoms with E-state index in [2.05, 4.69) is 15.9 Å². The lowest BCUT2D eigenvalue weighted by Crippen LogP contribution is -2.41. The Labute approximate surface area is 111 Å². The van der Waals surface area contributed by atoms with Gasteiger partial charge in [0, 0.05) is 10.9 Å². The van der Waals surface area contributed by atoms with Crippen LogP contribution in [-0.4, -0.2) is 30.7 Å². The Morgan fingerprint density at radius 3 is 2.41 bits per heavy atom. The maximum absolute atomic E-state index is 12.4. The number of nitrogens with zero attached hydrogens (tertiary/aromatic N) is 1. The average Bonchev–Trinajstić information content (AvgIpc) is 2.47. The zero-order valence-electron chi connectivity index (χ0n) is 9.46. The predicted molar refractivity (Wildman–Crippen MR) is 67.1 cm³/mol. The van der Waals surface area contributed by atoms with Crippen molar-refractivity contribution in [2.45, 2.75) is 25.2 Å². The summed E-state index contributed by atoms with van der Waals surface area (Å²) in [6.07, 6.45) is -4.21. The molecule has 0 aliphatic carbocycles. The Morgan fingerprint density at radius 2 is 2.06 bits per heavy atom. The van der Waals surface area contributed by atoms with Crippen LogP contribution >= 0.6 is 27.3 Å². The molecule has 0 aliphatic heterocycles. The molecule has 98 valence electrons. The lowest BCUT2D eigenvalue weighted by Gasteiger charge is -2.30. The maximum atomic E-state index is 12.4. The molecule has 2 N–H and O–H groups in total. The molecule has 0 saturated carbocycles. The zero-order valence-corrected chi connectivity index (χ0v) is 11.9. The summed E-state index contributed by atoms with van der Waals surface area (Å²) in [5.41, 5.74) is 5.78. The first-order valence-corrected chi connectivity index (χ1v) is 6.59. The summed E-state index contributed by atoms with van der Waals surface area (Å²) in [5, 5.41) is 0. The normalized spacial score (nSPS) is 16.2. The molecule has 17 heavy (non-hydrogen) atoms. The molecule has 0 amide bonds. The van der Waals surface area contributed by atoms with E-state index in [4.69, 9.17) is 5.73 Å². The van der Waals surface area contributed by atoms with Gasteiger partial charge in [0.15, 0.2) is 0 Å². The number of thiophene rings is 1. The Kier molecular flexibility index (Phi) is 5.00. The van der Waals surface area contributed by atoms with Crippen molar-refractivity contribution >= 4 is 27.3 Å². The molecule has 2 unspecified atom stereocenters. The second-order valence-electron chi connectivity index (χ2n) is 3.98. The summed E-state index contributed by atoms with van der Waals surface area (Å²) in [4.78, 5) is 2.07. The lowest BCUT2D eigenvalue weighted by atomic mass is 10.1. The van der Waals surface area contributed by atoms with Crippen molar-refractivity contribution in [1.82, 2.24) is 4.90 Å². The monoisotopic (exact) mass is 330 g/mol. The molecular weight excluding hydrogens is 317 g/mol. The molecule has 1 rings (SSSR count). The van der Waals surface area contributed by atoms with Crippen molar-refractivity contribution in [2.24, 2.45) is 5.73 Å². The first-order valence-electron chi connectivity index (χ1n) is 4.98. The maximum Gasteiger partial charge on any atom is 0.401 e. The highest BCUT2D eigenvalue weighted by Crippen LogP contribution is 2.33. The highest BCUT2D eigenvalue weighted by molar-refractivity contribution is 9.11. The smallest absolute Gasteiger partial charge is 0.326 e. The first kappa shape index (κ1) is 14.9. The molecule has 0 spiro atoms. The summed E-state index contributed by atoms with van der Waals surface area (Å²) in [6.45, 7) is 0.750. The van der Waals surface area contributed by atoms with Gasteiger partial charge in [0.1, 0.15) is 0 Å². The molecule has 0 radical (unpaired) electrons. The highest BCUT2D eigenvalue weighted by atomic mass is 79.9. The topological polar surface area (TPSA) is 29.3 Å². The van der Waals surface area contributed by atoms with E-state index in [9.17, 15) is 13.2 Å². The van der Waals surface area contributed by atoms with Crippen LogP contribution in [0.15, 0.2) is 15.9 Å². The predicted octanol–water partition coefficient (Wildman–Crippen LogP) is 3.39. The van der Waals surface area contributed by atoms with Crippen molar-refractivity contribution in [1.29, 1.82) is 0 Å². The number of halogens is 4. The van der Waals surface area contributed by atoms with Gasteiger partial charge in [-0.3, -0.25) is 4.90 Å². The third-order valence-electron chi connectivity index (χ3n) is 2.29. The average molecular weight is 331 g/mol. The van der Waals surface area contributed by atoms with Gasteiger partial charge in [0.05, 0.1) is 16.4 Å². The van der Waals surface area contributed by atoms with E-state index in [0.29, 0.717) is 0 Å². The van der Waals surface area contributed by atoms with E-state index < -0.39 is 18.8 Å². The van der Waals surface area contributed by atoms with Crippen LogP contribution in [0.1, 0.15) is 17.8 Å². The molecule has 2 atom stereocenters. The summed E-state index contributed by atoms with van der Waals surface area (Å²) < 4.78 is 38.0. The van der Waals surface area contributed by atoms with Crippen LogP contribution in [-0.2, 0) is 0 Å². The van der Waals surface area contributed by atoms with E-state index in [1.807, 2.05) is 6.07 Å². The molecule has 7 heteroatoms. The fourth-order valence-corrected chi connectivity index (χ4v) is 3.45. The van der Waals surface area contributed by atoms with Crippen molar-refractivity contribution in [2.75, 3.05) is 13.6 Å². The van der Waals surface area contributed by atoms with Gasteiger partial charge in [-0.25, -0.2) is 0 Å². The van der Waals surface area contributed by atoms with Crippen LogP contribution < -0.4 is 5.73 Å². The van der Waals surface area contributed by atoms with E-state index in [-0.39, 0.29) is 6.04 Å². The molecule has 0 bridgehead atoms. The Balaban J connectivity index is 2.86. The lowest BCUT2D eigenvalue weighted by molar-refractivity contribution is -0.148. The standard InChI is InChI=1S/C10H14BrF3N2S/c1-6(15)9(7-3-4-8(11)17-7)16(2)5-10(12,13)14/h3-4,6,9H,5,15H2,1-2H3. The van der Waals surface area contributed by atoms with Crippen LogP contribution in [0.3, 0.4) is 0 Å². The molecule has 0 aliphatic rings. The van der Waals surface area contributed by atoms with Gasteiger partial charge in [-0.15, -0.1) is 11.3 Å². The van der Waals surface area contributed by atoms with Gasteiger partial charge in [-0.1, -0.05) is 0 Å². The van der Waals surface area contributed by atoms with E-state index in [1.165, 1.54) is 23.3 Å². The van der Waals surface area contributed by atoms with Crippen molar-refractivity contribution < 1.29 is 13.2 Å². The zero-order chi connectivity index (χ0) is 13.2. The minimum absolute atomic E-state index is 0.368. The van der Waals surface area contributed by atoms with Crippen LogP contribution in [0.4, 0.5) is 13.2 Å². The highest BCUT2D eigenvalue weighted by Gasteiger charge is 2.34. The molecular formula is C10H14BrF3N2S. The number of nitrogens with two attached hydrogens (primary N) is 1. The minimum Gasteiger partial charge on any atom is -0.326 e. The Morgan fingerprint density at radius 1 is 1.47 bits per heavy atom. The molecule has 0 fully saturated rings. The summed E-state index contributed by atoms with van der Waals surface area (Å²) >= 11 is 4.70. The Bertz CT molecular complexity index is 365. The van der Waals surface area contributed by atoms with Crippen LogP contribution in [0, 0.1) is 0 Å². The molecule has 1 aromatic heterocycles. The second kappa shape index (κ2) is 5.69. The van der Waals surface area contributed by atoms with Crippen molar-refractivity contribution in [3.05, 3.63) is 20.8 Å². The fourth-order valence-electron chi connectivity index (χ4n) is 1.75. The third kappa shape index (κ3) is 4.57. The van der Waals surface area contributed by atoms with Gasteiger partial charge in [0.2, 0.25) is 0 Å². The molecule has 0 saturated heterocycles. The first-order chi connectivity index (χ1) is 7.70. The van der Waals surface area contributed by atoms with E-state index in [0.717, 1.165) is 8.66 Å². The van der Waals surface area contributed by atoms with Gasteiger partial charge < -0.3 is 5.73 Å². The summed E-state index contributed by atoms with van der Waals surface area (Å²) in [5.74, 6) is 0. The number of alkyl halides is 3. The third-order valence-corrected chi connectivity index (χ3v) is 3.98. The molecule has 2 nitrogen and oxygen atoms in total. The molecule has 0 aromatic carbocycles. The number of hydrogen-bond acceptors (Lipinski definition) is 3. The van der Waals surface area contributed by atoms with E-state index in [1.54, 1.807) is 13.0 Å². The van der Waals surface area contributed by atoms with Crippen LogP contribution in [0.25, 0.3) is 0 Å². The minimum atomic E-state index is -4.21. The Hall–Kier alpha value is -0.110. The molecule has 1 heterocycles. The number of rotatable bonds is 4. The SMILES string of the molecule is CC(N)C(c1ccc(Br)s1)N(C)CC(F)(F)F. The summed E-state index contributed by atoms with van der Waals surface area (Å²) in [6, 6.07) is 2.83. The number of likely N-dealkylation sites (N-methyl/N-ethyl adjacent to an activating group) is 1. The molecule has 1 aromatic rings. The van der Waals surface area contributed by atoms with Crippen molar-refractivity contribution in [3.63, 3.8) is 0 Å². The summed E-state index contributed by atoms with van der Waals surface area (Å²) in [7, 11) is 1.44. The van der Waals surface area contributed by atoms with Crippen molar-refractivity contribution in [3.8, 4) is 0 Å².